The van der Waals surface area contributed by atoms with Crippen molar-refractivity contribution in [2.75, 3.05) is 6.54 Å². The molecule has 0 saturated heterocycles. The maximum Gasteiger partial charge on any atom is 0.262 e. The number of nitrogens with one attached hydrogen (secondary N) is 1. The minimum absolute atomic E-state index is 0.189. The van der Waals surface area contributed by atoms with Crippen molar-refractivity contribution in [3.05, 3.63) is 93.9 Å². The number of thiophene rings is 1. The van der Waals surface area contributed by atoms with Crippen LogP contribution in [0.3, 0.4) is 0 Å². The highest BCUT2D eigenvalue weighted by atomic mass is 32.1. The van der Waals surface area contributed by atoms with E-state index in [2.05, 4.69) is 5.32 Å². The quantitative estimate of drug-likeness (QED) is 0.603. The van der Waals surface area contributed by atoms with E-state index in [4.69, 9.17) is 0 Å². The van der Waals surface area contributed by atoms with Crippen molar-refractivity contribution in [2.24, 2.45) is 0 Å². The monoisotopic (exact) mass is 410 g/mol. The standard InChI is InChI=1S/C23H23FN2O2S/c1-2-26(16-18-10-6-11-19(24)14-18)23(28)20(15-17-8-4-3-5-9-17)25-22(27)21-12-7-13-29-21/h3-14,20H,2,15-16H2,1H3,(H,25,27). The van der Waals surface area contributed by atoms with E-state index in [1.54, 1.807) is 29.2 Å². The van der Waals surface area contributed by atoms with Crippen LogP contribution in [0, 0.1) is 5.82 Å². The van der Waals surface area contributed by atoms with Gasteiger partial charge < -0.3 is 10.2 Å². The van der Waals surface area contributed by atoms with Crippen LogP contribution in [0.5, 0.6) is 0 Å². The van der Waals surface area contributed by atoms with Gasteiger partial charge in [0.2, 0.25) is 5.91 Å². The smallest absolute Gasteiger partial charge is 0.262 e. The number of hydrogen-bond acceptors (Lipinski definition) is 3. The maximum absolute atomic E-state index is 13.5. The van der Waals surface area contributed by atoms with Crippen LogP contribution in [0.15, 0.2) is 72.1 Å². The molecule has 1 aromatic heterocycles. The minimum atomic E-state index is -0.708. The molecule has 0 aliphatic heterocycles. The van der Waals surface area contributed by atoms with Crippen molar-refractivity contribution >= 4 is 23.2 Å². The number of rotatable bonds is 8. The highest BCUT2D eigenvalue weighted by Gasteiger charge is 2.26. The van der Waals surface area contributed by atoms with E-state index < -0.39 is 6.04 Å². The first-order valence-electron chi connectivity index (χ1n) is 9.48. The Kier molecular flexibility index (Phi) is 7.14. The van der Waals surface area contributed by atoms with Crippen LogP contribution >= 0.6 is 11.3 Å². The van der Waals surface area contributed by atoms with Gasteiger partial charge in [0, 0.05) is 19.5 Å². The van der Waals surface area contributed by atoms with Crippen molar-refractivity contribution in [3.8, 4) is 0 Å². The van der Waals surface area contributed by atoms with E-state index in [1.165, 1.54) is 23.5 Å². The Morgan fingerprint density at radius 1 is 1.03 bits per heavy atom. The summed E-state index contributed by atoms with van der Waals surface area (Å²) < 4.78 is 13.5. The predicted molar refractivity (Wildman–Crippen MR) is 113 cm³/mol. The van der Waals surface area contributed by atoms with Crippen molar-refractivity contribution in [1.82, 2.24) is 10.2 Å². The van der Waals surface area contributed by atoms with Crippen LogP contribution in [0.4, 0.5) is 4.39 Å². The normalized spacial score (nSPS) is 11.7. The SMILES string of the molecule is CCN(Cc1cccc(F)c1)C(=O)C(Cc1ccccc1)NC(=O)c1cccs1. The first kappa shape index (κ1) is 20.7. The molecule has 1 heterocycles. The Morgan fingerprint density at radius 3 is 2.45 bits per heavy atom. The molecule has 2 amide bonds. The van der Waals surface area contributed by atoms with E-state index in [0.29, 0.717) is 23.4 Å². The van der Waals surface area contributed by atoms with E-state index in [0.717, 1.165) is 5.56 Å². The Morgan fingerprint density at radius 2 is 1.79 bits per heavy atom. The molecule has 3 aromatic rings. The summed E-state index contributed by atoms with van der Waals surface area (Å²) in [5.41, 5.74) is 1.67. The minimum Gasteiger partial charge on any atom is -0.339 e. The number of halogens is 1. The van der Waals surface area contributed by atoms with Crippen LogP contribution in [0.2, 0.25) is 0 Å². The van der Waals surface area contributed by atoms with Gasteiger partial charge in [-0.3, -0.25) is 9.59 Å². The van der Waals surface area contributed by atoms with E-state index in [-0.39, 0.29) is 24.2 Å². The average molecular weight is 411 g/mol. The van der Waals surface area contributed by atoms with Crippen LogP contribution in [0.1, 0.15) is 27.7 Å². The van der Waals surface area contributed by atoms with E-state index >= 15 is 0 Å². The van der Waals surface area contributed by atoms with Gasteiger partial charge in [-0.25, -0.2) is 4.39 Å². The molecule has 0 spiro atoms. The Hall–Kier alpha value is -2.99. The molecule has 0 aliphatic rings. The molecule has 1 N–H and O–H groups in total. The molecular weight excluding hydrogens is 387 g/mol. The van der Waals surface area contributed by atoms with Gasteiger partial charge >= 0.3 is 0 Å². The lowest BCUT2D eigenvalue weighted by Gasteiger charge is -2.27. The van der Waals surface area contributed by atoms with Gasteiger partial charge in [0.1, 0.15) is 11.9 Å². The lowest BCUT2D eigenvalue weighted by Crippen LogP contribution is -2.49. The molecule has 0 saturated carbocycles. The lowest BCUT2D eigenvalue weighted by molar-refractivity contribution is -0.133. The Labute approximate surface area is 174 Å². The van der Waals surface area contributed by atoms with Gasteiger partial charge in [-0.15, -0.1) is 11.3 Å². The van der Waals surface area contributed by atoms with Gasteiger partial charge in [-0.2, -0.15) is 0 Å². The summed E-state index contributed by atoms with van der Waals surface area (Å²) in [5, 5.41) is 4.71. The third-order valence-electron chi connectivity index (χ3n) is 4.59. The molecule has 29 heavy (non-hydrogen) atoms. The summed E-state index contributed by atoms with van der Waals surface area (Å²) in [4.78, 5) is 28.1. The number of benzene rings is 2. The lowest BCUT2D eigenvalue weighted by atomic mass is 10.0. The average Bonchev–Trinajstić information content (AvgIpc) is 3.27. The van der Waals surface area contributed by atoms with Gasteiger partial charge in [0.15, 0.2) is 0 Å². The van der Waals surface area contributed by atoms with Gasteiger partial charge in [0.25, 0.3) is 5.91 Å². The van der Waals surface area contributed by atoms with Crippen LogP contribution < -0.4 is 5.32 Å². The van der Waals surface area contributed by atoms with Crippen molar-refractivity contribution in [2.45, 2.75) is 25.9 Å². The number of amides is 2. The molecule has 3 rings (SSSR count). The number of carbonyl (C=O) groups is 2. The number of hydrogen-bond donors (Lipinski definition) is 1. The molecule has 0 aliphatic carbocycles. The summed E-state index contributed by atoms with van der Waals surface area (Å²) in [7, 11) is 0. The number of carbonyl (C=O) groups excluding carboxylic acids is 2. The topological polar surface area (TPSA) is 49.4 Å². The highest BCUT2D eigenvalue weighted by molar-refractivity contribution is 7.12. The maximum atomic E-state index is 13.5. The molecular formula is C23H23FN2O2S. The van der Waals surface area contributed by atoms with E-state index in [1.807, 2.05) is 42.6 Å². The Balaban J connectivity index is 1.80. The summed E-state index contributed by atoms with van der Waals surface area (Å²) in [6.45, 7) is 2.61. The van der Waals surface area contributed by atoms with Crippen molar-refractivity contribution < 1.29 is 14.0 Å². The second-order valence-corrected chi connectivity index (χ2v) is 7.62. The van der Waals surface area contributed by atoms with Gasteiger partial charge in [0.05, 0.1) is 4.88 Å². The van der Waals surface area contributed by atoms with Gasteiger partial charge in [-0.1, -0.05) is 48.5 Å². The highest BCUT2D eigenvalue weighted by Crippen LogP contribution is 2.13. The third kappa shape index (κ3) is 5.74. The molecule has 0 radical (unpaired) electrons. The number of nitrogens with zero attached hydrogens (tertiary/aromatic N) is 1. The second-order valence-electron chi connectivity index (χ2n) is 6.68. The molecule has 6 heteroatoms. The summed E-state index contributed by atoms with van der Waals surface area (Å²) in [5.74, 6) is -0.792. The molecule has 2 aromatic carbocycles. The van der Waals surface area contributed by atoms with E-state index in [9.17, 15) is 14.0 Å². The Bertz CT molecular complexity index is 945. The first-order chi connectivity index (χ1) is 14.1. The van der Waals surface area contributed by atoms with Crippen molar-refractivity contribution in [3.63, 3.8) is 0 Å². The fourth-order valence-corrected chi connectivity index (χ4v) is 3.74. The third-order valence-corrected chi connectivity index (χ3v) is 5.46. The zero-order chi connectivity index (χ0) is 20.6. The summed E-state index contributed by atoms with van der Waals surface area (Å²) in [6, 6.07) is 18.6. The molecule has 0 fully saturated rings. The van der Waals surface area contributed by atoms with Crippen LogP contribution in [-0.4, -0.2) is 29.3 Å². The van der Waals surface area contributed by atoms with Crippen LogP contribution in [0.25, 0.3) is 0 Å². The summed E-state index contributed by atoms with van der Waals surface area (Å²) in [6.07, 6.45) is 0.385. The molecule has 0 bridgehead atoms. The summed E-state index contributed by atoms with van der Waals surface area (Å²) >= 11 is 1.33. The fraction of sp³-hybridized carbons (Fsp3) is 0.217. The first-order valence-corrected chi connectivity index (χ1v) is 10.4. The molecule has 150 valence electrons. The molecule has 4 nitrogen and oxygen atoms in total. The second kappa shape index (κ2) is 9.98. The molecule has 1 atom stereocenters. The van der Waals surface area contributed by atoms with Gasteiger partial charge in [-0.05, 0) is 41.6 Å². The zero-order valence-corrected chi connectivity index (χ0v) is 17.0. The van der Waals surface area contributed by atoms with Crippen molar-refractivity contribution in [1.29, 1.82) is 0 Å². The predicted octanol–water partition coefficient (Wildman–Crippen LogP) is 4.28. The number of likely N-dealkylation sites (N-methyl/N-ethyl adjacent to an activating group) is 1. The zero-order valence-electron chi connectivity index (χ0n) is 16.2. The molecule has 1 unspecified atom stereocenters. The van der Waals surface area contributed by atoms with Crippen LogP contribution in [-0.2, 0) is 17.8 Å². The fourth-order valence-electron chi connectivity index (χ4n) is 3.11. The largest absolute Gasteiger partial charge is 0.339 e.